The van der Waals surface area contributed by atoms with Crippen molar-refractivity contribution < 1.29 is 9.90 Å². The van der Waals surface area contributed by atoms with Crippen molar-refractivity contribution in [3.63, 3.8) is 0 Å². The van der Waals surface area contributed by atoms with Gasteiger partial charge in [-0.25, -0.2) is 0 Å². The number of aliphatic hydroxyl groups excluding tert-OH is 1. The van der Waals surface area contributed by atoms with Gasteiger partial charge in [0.05, 0.1) is 0 Å². The molecular formula is C13H16BrNO2. The van der Waals surface area contributed by atoms with Gasteiger partial charge in [-0.15, -0.1) is 0 Å². The van der Waals surface area contributed by atoms with Crippen molar-refractivity contribution in [2.45, 2.75) is 6.92 Å². The van der Waals surface area contributed by atoms with E-state index < -0.39 is 0 Å². The van der Waals surface area contributed by atoms with Gasteiger partial charge in [0.2, 0.25) is 5.91 Å². The van der Waals surface area contributed by atoms with Gasteiger partial charge in [0.15, 0.2) is 0 Å². The zero-order valence-electron chi connectivity index (χ0n) is 9.69. The first-order valence-corrected chi connectivity index (χ1v) is 6.23. The molecule has 0 radical (unpaired) electrons. The molecule has 4 heteroatoms. The minimum atomic E-state index is -0.145. The molecule has 92 valence electrons. The number of halogens is 1. The maximum absolute atomic E-state index is 11.4. The van der Waals surface area contributed by atoms with Gasteiger partial charge in [0.25, 0.3) is 0 Å². The highest BCUT2D eigenvalue weighted by molar-refractivity contribution is 9.10. The Labute approximate surface area is 110 Å². The van der Waals surface area contributed by atoms with Crippen molar-refractivity contribution in [3.05, 3.63) is 40.4 Å². The molecule has 0 saturated carbocycles. The molecular weight excluding hydrogens is 282 g/mol. The van der Waals surface area contributed by atoms with E-state index in [4.69, 9.17) is 5.11 Å². The summed E-state index contributed by atoms with van der Waals surface area (Å²) in [5.74, 6) is -0.0618. The number of hydrogen-bond donors (Lipinski definition) is 2. The summed E-state index contributed by atoms with van der Waals surface area (Å²) in [6.45, 7) is 2.44. The van der Waals surface area contributed by atoms with Crippen LogP contribution in [-0.2, 0) is 4.79 Å². The smallest absolute Gasteiger partial charge is 0.244 e. The standard InChI is InChI=1S/C13H16BrNO2/c1-10(9-16)8-15-13(17)7-4-11-2-5-12(14)6-3-11/h2-7,10,16H,8-9H2,1H3,(H,15,17). The molecule has 1 aromatic carbocycles. The van der Waals surface area contributed by atoms with Crippen LogP contribution in [0, 0.1) is 5.92 Å². The summed E-state index contributed by atoms with van der Waals surface area (Å²) in [5.41, 5.74) is 0.971. The van der Waals surface area contributed by atoms with Gasteiger partial charge in [-0.1, -0.05) is 35.0 Å². The largest absolute Gasteiger partial charge is 0.396 e. The molecule has 1 unspecified atom stereocenters. The lowest BCUT2D eigenvalue weighted by atomic mass is 10.2. The number of amides is 1. The molecule has 0 heterocycles. The van der Waals surface area contributed by atoms with Crippen molar-refractivity contribution >= 4 is 27.9 Å². The Balaban J connectivity index is 2.42. The number of nitrogens with one attached hydrogen (secondary N) is 1. The van der Waals surface area contributed by atoms with Crippen molar-refractivity contribution in [3.8, 4) is 0 Å². The third kappa shape index (κ3) is 5.65. The molecule has 0 aliphatic heterocycles. The minimum Gasteiger partial charge on any atom is -0.396 e. The van der Waals surface area contributed by atoms with Gasteiger partial charge in [0.1, 0.15) is 0 Å². The molecule has 0 aliphatic carbocycles. The lowest BCUT2D eigenvalue weighted by Crippen LogP contribution is -2.27. The quantitative estimate of drug-likeness (QED) is 0.819. The number of aliphatic hydroxyl groups is 1. The van der Waals surface area contributed by atoms with E-state index in [0.717, 1.165) is 10.0 Å². The van der Waals surface area contributed by atoms with Crippen LogP contribution in [0.2, 0.25) is 0 Å². The fourth-order valence-corrected chi connectivity index (χ4v) is 1.41. The van der Waals surface area contributed by atoms with Crippen LogP contribution in [0.5, 0.6) is 0 Å². The first-order valence-electron chi connectivity index (χ1n) is 5.44. The van der Waals surface area contributed by atoms with Crippen LogP contribution >= 0.6 is 15.9 Å². The highest BCUT2D eigenvalue weighted by Gasteiger charge is 2.01. The van der Waals surface area contributed by atoms with Crippen LogP contribution in [0.3, 0.4) is 0 Å². The second-order valence-electron chi connectivity index (χ2n) is 3.92. The molecule has 1 atom stereocenters. The summed E-state index contributed by atoms with van der Waals surface area (Å²) >= 11 is 3.35. The first-order chi connectivity index (χ1) is 8.11. The summed E-state index contributed by atoms with van der Waals surface area (Å²) in [6, 6.07) is 7.69. The summed E-state index contributed by atoms with van der Waals surface area (Å²) in [5, 5.41) is 11.5. The zero-order valence-corrected chi connectivity index (χ0v) is 11.3. The highest BCUT2D eigenvalue weighted by Crippen LogP contribution is 2.11. The fourth-order valence-electron chi connectivity index (χ4n) is 1.14. The van der Waals surface area contributed by atoms with Crippen LogP contribution < -0.4 is 5.32 Å². The normalized spacial score (nSPS) is 12.6. The van der Waals surface area contributed by atoms with E-state index in [1.54, 1.807) is 6.08 Å². The van der Waals surface area contributed by atoms with Gasteiger partial charge >= 0.3 is 0 Å². The Bertz CT molecular complexity index is 387. The highest BCUT2D eigenvalue weighted by atomic mass is 79.9. The second-order valence-corrected chi connectivity index (χ2v) is 4.83. The van der Waals surface area contributed by atoms with E-state index in [2.05, 4.69) is 21.2 Å². The monoisotopic (exact) mass is 297 g/mol. The number of carbonyl (C=O) groups is 1. The zero-order chi connectivity index (χ0) is 12.7. The maximum Gasteiger partial charge on any atom is 0.244 e. The lowest BCUT2D eigenvalue weighted by Gasteiger charge is -2.07. The number of hydrogen-bond acceptors (Lipinski definition) is 2. The van der Waals surface area contributed by atoms with E-state index in [9.17, 15) is 4.79 Å². The summed E-state index contributed by atoms with van der Waals surface area (Å²) < 4.78 is 1.01. The van der Waals surface area contributed by atoms with Crippen molar-refractivity contribution in [1.29, 1.82) is 0 Å². The molecule has 1 amide bonds. The van der Waals surface area contributed by atoms with Crippen molar-refractivity contribution in [1.82, 2.24) is 5.32 Å². The summed E-state index contributed by atoms with van der Waals surface area (Å²) in [6.07, 6.45) is 3.25. The Morgan fingerprint density at radius 3 is 2.71 bits per heavy atom. The molecule has 0 saturated heterocycles. The van der Waals surface area contributed by atoms with Gasteiger partial charge in [-0.05, 0) is 29.7 Å². The van der Waals surface area contributed by atoms with Crippen LogP contribution in [0.1, 0.15) is 12.5 Å². The molecule has 2 N–H and O–H groups in total. The van der Waals surface area contributed by atoms with Gasteiger partial charge in [-0.3, -0.25) is 4.79 Å². The van der Waals surface area contributed by atoms with E-state index in [0.29, 0.717) is 6.54 Å². The Morgan fingerprint density at radius 2 is 2.12 bits per heavy atom. The molecule has 1 aromatic rings. The third-order valence-corrected chi connectivity index (χ3v) is 2.76. The number of carbonyl (C=O) groups excluding carboxylic acids is 1. The predicted molar refractivity (Wildman–Crippen MR) is 72.4 cm³/mol. The average Bonchev–Trinajstić information content (AvgIpc) is 2.35. The Kier molecular flexibility index (Phi) is 5.94. The van der Waals surface area contributed by atoms with Crippen molar-refractivity contribution in [2.75, 3.05) is 13.2 Å². The molecule has 3 nitrogen and oxygen atoms in total. The van der Waals surface area contributed by atoms with Gasteiger partial charge in [0, 0.05) is 23.7 Å². The average molecular weight is 298 g/mol. The van der Waals surface area contributed by atoms with Crippen LogP contribution in [0.25, 0.3) is 6.08 Å². The SMILES string of the molecule is CC(CO)CNC(=O)C=Cc1ccc(Br)cc1. The minimum absolute atomic E-state index is 0.0801. The molecule has 1 rings (SSSR count). The van der Waals surface area contributed by atoms with Crippen molar-refractivity contribution in [2.24, 2.45) is 5.92 Å². The summed E-state index contributed by atoms with van der Waals surface area (Å²) in [4.78, 5) is 11.4. The van der Waals surface area contributed by atoms with E-state index >= 15 is 0 Å². The Morgan fingerprint density at radius 1 is 1.47 bits per heavy atom. The van der Waals surface area contributed by atoms with Crippen LogP contribution in [-0.4, -0.2) is 24.2 Å². The van der Waals surface area contributed by atoms with Crippen LogP contribution in [0.15, 0.2) is 34.8 Å². The maximum atomic E-state index is 11.4. The molecule has 0 bridgehead atoms. The Hall–Kier alpha value is -1.13. The van der Waals surface area contributed by atoms with Gasteiger partial charge in [-0.2, -0.15) is 0 Å². The first kappa shape index (κ1) is 13.9. The van der Waals surface area contributed by atoms with E-state index in [1.807, 2.05) is 31.2 Å². The van der Waals surface area contributed by atoms with Crippen LogP contribution in [0.4, 0.5) is 0 Å². The summed E-state index contributed by atoms with van der Waals surface area (Å²) in [7, 11) is 0. The second kappa shape index (κ2) is 7.25. The molecule has 0 fully saturated rings. The number of rotatable bonds is 5. The fraction of sp³-hybridized carbons (Fsp3) is 0.308. The van der Waals surface area contributed by atoms with E-state index in [-0.39, 0.29) is 18.4 Å². The molecule has 17 heavy (non-hydrogen) atoms. The van der Waals surface area contributed by atoms with E-state index in [1.165, 1.54) is 6.08 Å². The van der Waals surface area contributed by atoms with Gasteiger partial charge < -0.3 is 10.4 Å². The topological polar surface area (TPSA) is 49.3 Å². The molecule has 0 aromatic heterocycles. The molecule has 0 spiro atoms. The number of benzene rings is 1. The molecule has 0 aliphatic rings. The predicted octanol–water partition coefficient (Wildman–Crippen LogP) is 2.21. The third-order valence-electron chi connectivity index (χ3n) is 2.23. The lowest BCUT2D eigenvalue weighted by molar-refractivity contribution is -0.116.